The number of fused-ring (bicyclic) bond motifs is 1. The molecule has 2 rings (SSSR count). The predicted molar refractivity (Wildman–Crippen MR) is 50.4 cm³/mol. The van der Waals surface area contributed by atoms with Crippen LogP contribution in [-0.2, 0) is 20.2 Å². The molecule has 0 bridgehead atoms. The van der Waals surface area contributed by atoms with Crippen molar-refractivity contribution in [3.63, 3.8) is 0 Å². The molecule has 1 aliphatic rings. The minimum absolute atomic E-state index is 0.359. The van der Waals surface area contributed by atoms with Crippen molar-refractivity contribution in [1.29, 1.82) is 0 Å². The normalized spacial score (nSPS) is 21.1. The second-order valence-corrected chi connectivity index (χ2v) is 6.50. The maximum atomic E-state index is 12.8. The Morgan fingerprint density at radius 1 is 1.00 bits per heavy atom. The fourth-order valence-corrected chi connectivity index (χ4v) is 3.73. The second-order valence-electron chi connectivity index (χ2n) is 2.99. The first-order valence-corrected chi connectivity index (χ1v) is 7.07. The SMILES string of the molecule is O=S1(=O)CS(=O)(=O)Oc2cc(F)ccc2O1. The van der Waals surface area contributed by atoms with E-state index in [1.807, 2.05) is 0 Å². The minimum Gasteiger partial charge on any atom is -0.378 e. The maximum absolute atomic E-state index is 12.8. The Bertz CT molecular complexity index is 633. The predicted octanol–water partition coefficient (Wildman–Crippen LogP) is 0.214. The van der Waals surface area contributed by atoms with Gasteiger partial charge < -0.3 is 8.37 Å². The third kappa shape index (κ3) is 2.25. The molecule has 1 aromatic rings. The summed E-state index contributed by atoms with van der Waals surface area (Å²) in [7, 11) is -8.63. The lowest BCUT2D eigenvalue weighted by molar-refractivity contribution is 0.468. The van der Waals surface area contributed by atoms with Gasteiger partial charge in [0.2, 0.25) is 5.08 Å². The summed E-state index contributed by atoms with van der Waals surface area (Å²) in [4.78, 5) is 0. The summed E-state index contributed by atoms with van der Waals surface area (Å²) < 4.78 is 66.2. The number of hydrogen-bond donors (Lipinski definition) is 0. The number of halogens is 1. The van der Waals surface area contributed by atoms with Crippen molar-refractivity contribution < 1.29 is 29.6 Å². The van der Waals surface area contributed by atoms with Crippen LogP contribution < -0.4 is 8.37 Å². The standard InChI is InChI=1S/C7H5FO6S2/c8-5-1-2-6-7(3-5)14-16(11,12)4-15(9,10)13-6/h1-3H,4H2. The molecule has 0 unspecified atom stereocenters. The summed E-state index contributed by atoms with van der Waals surface area (Å²) in [5, 5.41) is -1.31. The lowest BCUT2D eigenvalue weighted by Crippen LogP contribution is -2.21. The first-order chi connectivity index (χ1) is 7.27. The van der Waals surface area contributed by atoms with Crippen molar-refractivity contribution in [2.24, 2.45) is 0 Å². The Hall–Kier alpha value is -1.35. The Morgan fingerprint density at radius 2 is 1.56 bits per heavy atom. The topological polar surface area (TPSA) is 86.7 Å². The summed E-state index contributed by atoms with van der Waals surface area (Å²) >= 11 is 0. The van der Waals surface area contributed by atoms with Gasteiger partial charge in [0, 0.05) is 6.07 Å². The van der Waals surface area contributed by atoms with E-state index in [1.165, 1.54) is 0 Å². The van der Waals surface area contributed by atoms with E-state index < -0.39 is 36.9 Å². The van der Waals surface area contributed by atoms with Crippen LogP contribution in [0, 0.1) is 5.82 Å². The van der Waals surface area contributed by atoms with Gasteiger partial charge in [0.25, 0.3) is 0 Å². The van der Waals surface area contributed by atoms with Crippen LogP contribution in [0.4, 0.5) is 4.39 Å². The molecule has 16 heavy (non-hydrogen) atoms. The molecule has 0 radical (unpaired) electrons. The average Bonchev–Trinajstić information content (AvgIpc) is 2.14. The van der Waals surface area contributed by atoms with E-state index in [-0.39, 0.29) is 5.75 Å². The minimum atomic E-state index is -4.34. The third-order valence-electron chi connectivity index (χ3n) is 1.63. The fourth-order valence-electron chi connectivity index (χ4n) is 1.11. The molecule has 9 heteroatoms. The molecule has 6 nitrogen and oxygen atoms in total. The highest BCUT2D eigenvalue weighted by Gasteiger charge is 2.32. The first-order valence-electron chi connectivity index (χ1n) is 3.91. The molecule has 0 fully saturated rings. The van der Waals surface area contributed by atoms with E-state index in [0.29, 0.717) is 0 Å². The van der Waals surface area contributed by atoms with Crippen molar-refractivity contribution in [3.8, 4) is 11.5 Å². The van der Waals surface area contributed by atoms with Crippen LogP contribution in [0.1, 0.15) is 0 Å². The van der Waals surface area contributed by atoms with Crippen LogP contribution in [0.5, 0.6) is 11.5 Å². The van der Waals surface area contributed by atoms with Crippen molar-refractivity contribution in [2.45, 2.75) is 0 Å². The first kappa shape index (κ1) is 11.1. The Balaban J connectivity index is 2.65. The van der Waals surface area contributed by atoms with Gasteiger partial charge in [0.05, 0.1) is 0 Å². The van der Waals surface area contributed by atoms with Gasteiger partial charge in [-0.1, -0.05) is 0 Å². The van der Waals surface area contributed by atoms with Crippen LogP contribution in [0.25, 0.3) is 0 Å². The second kappa shape index (κ2) is 3.32. The summed E-state index contributed by atoms with van der Waals surface area (Å²) in [6.07, 6.45) is 0. The average molecular weight is 268 g/mol. The summed E-state index contributed by atoms with van der Waals surface area (Å²) in [6, 6.07) is 2.63. The molecule has 1 heterocycles. The molecule has 88 valence electrons. The van der Waals surface area contributed by atoms with Gasteiger partial charge in [-0.05, 0) is 12.1 Å². The van der Waals surface area contributed by atoms with E-state index in [9.17, 15) is 21.2 Å². The summed E-state index contributed by atoms with van der Waals surface area (Å²) in [6.45, 7) is 0. The summed E-state index contributed by atoms with van der Waals surface area (Å²) in [5.74, 6) is -1.61. The van der Waals surface area contributed by atoms with Gasteiger partial charge in [-0.3, -0.25) is 0 Å². The molecule has 0 N–H and O–H groups in total. The molecule has 0 saturated heterocycles. The molecule has 0 spiro atoms. The number of rotatable bonds is 0. The Labute approximate surface area is 90.9 Å². The zero-order valence-corrected chi connectivity index (χ0v) is 9.22. The lowest BCUT2D eigenvalue weighted by Gasteiger charge is -2.03. The van der Waals surface area contributed by atoms with Gasteiger partial charge in [-0.15, -0.1) is 0 Å². The molecule has 1 aromatic carbocycles. The molecule has 0 saturated carbocycles. The van der Waals surface area contributed by atoms with Gasteiger partial charge in [-0.2, -0.15) is 16.8 Å². The number of hydrogen-bond acceptors (Lipinski definition) is 6. The molecule has 1 aliphatic heterocycles. The molecular formula is C7H5FO6S2. The Kier molecular flexibility index (Phi) is 2.31. The van der Waals surface area contributed by atoms with Gasteiger partial charge >= 0.3 is 20.2 Å². The Morgan fingerprint density at radius 3 is 2.19 bits per heavy atom. The molecule has 0 aromatic heterocycles. The third-order valence-corrected chi connectivity index (χ3v) is 4.80. The van der Waals surface area contributed by atoms with E-state index in [1.54, 1.807) is 0 Å². The van der Waals surface area contributed by atoms with Gasteiger partial charge in [0.1, 0.15) is 5.82 Å². The quantitative estimate of drug-likeness (QED) is 0.625. The monoisotopic (exact) mass is 268 g/mol. The largest absolute Gasteiger partial charge is 0.378 e. The van der Waals surface area contributed by atoms with E-state index in [2.05, 4.69) is 8.37 Å². The summed E-state index contributed by atoms with van der Waals surface area (Å²) in [5.41, 5.74) is 0. The van der Waals surface area contributed by atoms with E-state index in [0.717, 1.165) is 18.2 Å². The van der Waals surface area contributed by atoms with Crippen LogP contribution in [-0.4, -0.2) is 21.9 Å². The van der Waals surface area contributed by atoms with Crippen LogP contribution >= 0.6 is 0 Å². The van der Waals surface area contributed by atoms with Crippen molar-refractivity contribution >= 4 is 20.2 Å². The molecular weight excluding hydrogens is 263 g/mol. The zero-order chi connectivity index (χ0) is 12.0. The van der Waals surface area contributed by atoms with E-state index >= 15 is 0 Å². The van der Waals surface area contributed by atoms with Gasteiger partial charge in [-0.25, -0.2) is 4.39 Å². The van der Waals surface area contributed by atoms with E-state index in [4.69, 9.17) is 0 Å². The molecule has 0 aliphatic carbocycles. The maximum Gasteiger partial charge on any atom is 0.327 e. The molecule has 0 amide bonds. The van der Waals surface area contributed by atoms with Crippen LogP contribution in [0.15, 0.2) is 18.2 Å². The number of benzene rings is 1. The van der Waals surface area contributed by atoms with Crippen LogP contribution in [0.3, 0.4) is 0 Å². The van der Waals surface area contributed by atoms with Crippen molar-refractivity contribution in [3.05, 3.63) is 24.0 Å². The fraction of sp³-hybridized carbons (Fsp3) is 0.143. The van der Waals surface area contributed by atoms with Crippen LogP contribution in [0.2, 0.25) is 0 Å². The highest BCUT2D eigenvalue weighted by Crippen LogP contribution is 2.33. The highest BCUT2D eigenvalue weighted by atomic mass is 32.3. The van der Waals surface area contributed by atoms with Crippen molar-refractivity contribution in [2.75, 3.05) is 5.08 Å². The highest BCUT2D eigenvalue weighted by molar-refractivity contribution is 8.04. The van der Waals surface area contributed by atoms with Gasteiger partial charge in [0.15, 0.2) is 11.5 Å². The smallest absolute Gasteiger partial charge is 0.327 e. The molecule has 0 atom stereocenters. The zero-order valence-electron chi connectivity index (χ0n) is 7.58. The lowest BCUT2D eigenvalue weighted by atomic mass is 10.3. The van der Waals surface area contributed by atoms with Crippen molar-refractivity contribution in [1.82, 2.24) is 0 Å².